The van der Waals surface area contributed by atoms with Crippen molar-refractivity contribution in [2.45, 2.75) is 27.3 Å². The molecule has 0 saturated carbocycles. The molecule has 0 fully saturated rings. The number of hydrogen-bond donors (Lipinski definition) is 1. The zero-order valence-electron chi connectivity index (χ0n) is 16.4. The number of fused-ring (bicyclic) bond motifs is 1. The molecule has 0 spiro atoms. The number of nitrogens with one attached hydrogen (secondary N) is 1. The van der Waals surface area contributed by atoms with Gasteiger partial charge in [-0.1, -0.05) is 30.3 Å². The van der Waals surface area contributed by atoms with Crippen LogP contribution in [0.1, 0.15) is 34.1 Å². The number of carbonyl (C=O) groups excluding carboxylic acids is 1. The molecule has 0 atom stereocenters. The number of Topliss-reactive ketones (excluding diaryl/α,β-unsaturated/α-hetero) is 1. The van der Waals surface area contributed by atoms with Gasteiger partial charge in [-0.3, -0.25) is 14.9 Å². The molecule has 2 aromatic carbocycles. The van der Waals surface area contributed by atoms with Crippen molar-refractivity contribution >= 4 is 22.5 Å². The maximum atomic E-state index is 12.1. The third-order valence-electron chi connectivity index (χ3n) is 5.14. The number of ketones is 1. The van der Waals surface area contributed by atoms with Gasteiger partial charge in [-0.25, -0.2) is 4.98 Å². The molecule has 146 valence electrons. The van der Waals surface area contributed by atoms with E-state index in [4.69, 9.17) is 4.98 Å². The van der Waals surface area contributed by atoms with Gasteiger partial charge >= 0.3 is 0 Å². The standard InChI is InChI=1S/C22H20N4O3/c1-13-20(15(3)27)14(2)23-21(13)22-24-18-10-9-17(26(28)29)11-19(18)25(22)12-16-7-5-4-6-8-16/h4-11,23H,12H2,1-3H3. The highest BCUT2D eigenvalue weighted by Crippen LogP contribution is 2.32. The number of nitro groups is 1. The fourth-order valence-electron chi connectivity index (χ4n) is 3.84. The average molecular weight is 388 g/mol. The summed E-state index contributed by atoms with van der Waals surface area (Å²) in [5, 5.41) is 11.3. The van der Waals surface area contributed by atoms with Gasteiger partial charge in [-0.2, -0.15) is 0 Å². The van der Waals surface area contributed by atoms with Crippen LogP contribution >= 0.6 is 0 Å². The van der Waals surface area contributed by atoms with E-state index >= 15 is 0 Å². The number of aromatic amines is 1. The number of benzene rings is 2. The van der Waals surface area contributed by atoms with Gasteiger partial charge in [0.25, 0.3) is 5.69 Å². The van der Waals surface area contributed by atoms with Gasteiger partial charge in [0.05, 0.1) is 21.7 Å². The van der Waals surface area contributed by atoms with Crippen LogP contribution < -0.4 is 0 Å². The molecule has 4 rings (SSSR count). The van der Waals surface area contributed by atoms with Gasteiger partial charge in [-0.05, 0) is 38.0 Å². The third kappa shape index (κ3) is 3.20. The molecule has 2 heterocycles. The quantitative estimate of drug-likeness (QED) is 0.302. The molecule has 0 aliphatic carbocycles. The number of non-ortho nitro benzene ring substituents is 1. The SMILES string of the molecule is CC(=O)c1c(C)[nH]c(-c2nc3ccc([N+](=O)[O-])cc3n2Cc2ccccc2)c1C. The fraction of sp³-hybridized carbons (Fsp3) is 0.182. The molecule has 2 aromatic heterocycles. The van der Waals surface area contributed by atoms with E-state index in [1.54, 1.807) is 19.1 Å². The van der Waals surface area contributed by atoms with Gasteiger partial charge in [0.15, 0.2) is 11.6 Å². The lowest BCUT2D eigenvalue weighted by Gasteiger charge is -2.09. The third-order valence-corrected chi connectivity index (χ3v) is 5.14. The van der Waals surface area contributed by atoms with E-state index in [0.717, 1.165) is 22.5 Å². The summed E-state index contributed by atoms with van der Waals surface area (Å²) in [5.74, 6) is 0.640. The summed E-state index contributed by atoms with van der Waals surface area (Å²) in [5.41, 5.74) is 5.43. The summed E-state index contributed by atoms with van der Waals surface area (Å²) in [6.45, 7) is 5.80. The van der Waals surface area contributed by atoms with E-state index in [2.05, 4.69) is 4.98 Å². The van der Waals surface area contributed by atoms with Crippen molar-refractivity contribution in [2.75, 3.05) is 0 Å². The molecule has 0 unspecified atom stereocenters. The van der Waals surface area contributed by atoms with E-state index in [1.165, 1.54) is 6.07 Å². The number of nitro benzene ring substituents is 1. The number of H-pyrrole nitrogens is 1. The number of aromatic nitrogens is 3. The fourth-order valence-corrected chi connectivity index (χ4v) is 3.84. The Balaban J connectivity index is 1.98. The first-order valence-corrected chi connectivity index (χ1v) is 9.26. The molecule has 0 aliphatic rings. The van der Waals surface area contributed by atoms with Crippen molar-refractivity contribution in [3.63, 3.8) is 0 Å². The maximum Gasteiger partial charge on any atom is 0.271 e. The molecule has 29 heavy (non-hydrogen) atoms. The number of nitrogens with zero attached hydrogens (tertiary/aromatic N) is 3. The van der Waals surface area contributed by atoms with Crippen LogP contribution in [0.15, 0.2) is 48.5 Å². The summed E-state index contributed by atoms with van der Waals surface area (Å²) in [6, 6.07) is 14.5. The van der Waals surface area contributed by atoms with E-state index in [9.17, 15) is 14.9 Å². The molecule has 0 aliphatic heterocycles. The first kappa shape index (κ1) is 18.6. The zero-order chi connectivity index (χ0) is 20.7. The van der Waals surface area contributed by atoms with Crippen LogP contribution in [0.4, 0.5) is 5.69 Å². The Labute approximate surface area is 167 Å². The van der Waals surface area contributed by atoms with E-state index in [1.807, 2.05) is 48.7 Å². The van der Waals surface area contributed by atoms with Gasteiger partial charge in [0.1, 0.15) is 0 Å². The number of rotatable bonds is 5. The molecular weight excluding hydrogens is 368 g/mol. The Morgan fingerprint density at radius 2 is 1.90 bits per heavy atom. The molecule has 7 heteroatoms. The highest BCUT2D eigenvalue weighted by molar-refractivity contribution is 5.98. The summed E-state index contributed by atoms with van der Waals surface area (Å²) in [7, 11) is 0. The molecule has 0 amide bonds. The topological polar surface area (TPSA) is 93.8 Å². The van der Waals surface area contributed by atoms with Crippen molar-refractivity contribution in [1.82, 2.24) is 14.5 Å². The monoisotopic (exact) mass is 388 g/mol. The summed E-state index contributed by atoms with van der Waals surface area (Å²) >= 11 is 0. The summed E-state index contributed by atoms with van der Waals surface area (Å²) < 4.78 is 1.96. The Kier molecular flexibility index (Phi) is 4.50. The predicted octanol–water partition coefficient (Wildman–Crippen LogP) is 4.81. The second-order valence-corrected chi connectivity index (χ2v) is 7.12. The highest BCUT2D eigenvalue weighted by Gasteiger charge is 2.22. The van der Waals surface area contributed by atoms with Crippen molar-refractivity contribution in [1.29, 1.82) is 0 Å². The minimum Gasteiger partial charge on any atom is -0.355 e. The minimum atomic E-state index is -0.406. The zero-order valence-corrected chi connectivity index (χ0v) is 16.4. The van der Waals surface area contributed by atoms with Gasteiger partial charge in [0, 0.05) is 29.9 Å². The predicted molar refractivity (Wildman–Crippen MR) is 111 cm³/mol. The normalized spacial score (nSPS) is 11.1. The van der Waals surface area contributed by atoms with Crippen molar-refractivity contribution in [2.24, 2.45) is 0 Å². The van der Waals surface area contributed by atoms with Crippen LogP contribution in [0.25, 0.3) is 22.6 Å². The minimum absolute atomic E-state index is 0.0103. The Morgan fingerprint density at radius 1 is 1.17 bits per heavy atom. The Bertz CT molecular complexity index is 1250. The number of carbonyl (C=O) groups is 1. The van der Waals surface area contributed by atoms with Crippen LogP contribution in [0.5, 0.6) is 0 Å². The lowest BCUT2D eigenvalue weighted by molar-refractivity contribution is -0.384. The second-order valence-electron chi connectivity index (χ2n) is 7.12. The van der Waals surface area contributed by atoms with E-state index < -0.39 is 4.92 Å². The lowest BCUT2D eigenvalue weighted by atomic mass is 10.1. The van der Waals surface area contributed by atoms with Crippen LogP contribution in [0.3, 0.4) is 0 Å². The van der Waals surface area contributed by atoms with E-state index in [0.29, 0.717) is 29.0 Å². The van der Waals surface area contributed by atoms with Crippen molar-refractivity contribution in [3.05, 3.63) is 81.0 Å². The molecule has 1 N–H and O–H groups in total. The number of imidazole rings is 1. The molecule has 0 radical (unpaired) electrons. The smallest absolute Gasteiger partial charge is 0.271 e. The summed E-state index contributed by atoms with van der Waals surface area (Å²) in [4.78, 5) is 31.0. The van der Waals surface area contributed by atoms with Gasteiger partial charge in [-0.15, -0.1) is 0 Å². The first-order chi connectivity index (χ1) is 13.9. The number of aryl methyl sites for hydroxylation is 1. The first-order valence-electron chi connectivity index (χ1n) is 9.26. The summed E-state index contributed by atoms with van der Waals surface area (Å²) in [6.07, 6.45) is 0. The second kappa shape index (κ2) is 7.01. The average Bonchev–Trinajstić information content (AvgIpc) is 3.18. The van der Waals surface area contributed by atoms with Crippen LogP contribution in [0, 0.1) is 24.0 Å². The number of hydrogen-bond acceptors (Lipinski definition) is 4. The maximum absolute atomic E-state index is 12.1. The lowest BCUT2D eigenvalue weighted by Crippen LogP contribution is -2.03. The van der Waals surface area contributed by atoms with Crippen LogP contribution in [-0.2, 0) is 6.54 Å². The Morgan fingerprint density at radius 3 is 2.52 bits per heavy atom. The molecule has 0 saturated heterocycles. The van der Waals surface area contributed by atoms with Crippen molar-refractivity contribution in [3.8, 4) is 11.5 Å². The van der Waals surface area contributed by atoms with Crippen LogP contribution in [0.2, 0.25) is 0 Å². The molecular formula is C22H20N4O3. The van der Waals surface area contributed by atoms with Crippen LogP contribution in [-0.4, -0.2) is 25.2 Å². The Hall–Kier alpha value is -3.74. The van der Waals surface area contributed by atoms with Gasteiger partial charge in [0.2, 0.25) is 0 Å². The van der Waals surface area contributed by atoms with Crippen molar-refractivity contribution < 1.29 is 9.72 Å². The van der Waals surface area contributed by atoms with Gasteiger partial charge < -0.3 is 9.55 Å². The molecule has 7 nitrogen and oxygen atoms in total. The van der Waals surface area contributed by atoms with E-state index in [-0.39, 0.29) is 11.5 Å². The molecule has 4 aromatic rings. The molecule has 0 bridgehead atoms. The largest absolute Gasteiger partial charge is 0.355 e. The highest BCUT2D eigenvalue weighted by atomic mass is 16.6.